The number of fused-ring (bicyclic) bond motifs is 1. The number of hydrogen-bond acceptors (Lipinski definition) is 3. The van der Waals surface area contributed by atoms with Crippen LogP contribution in [0.1, 0.15) is 41.0 Å². The molecule has 2 heterocycles. The zero-order chi connectivity index (χ0) is 17.1. The second-order valence-corrected chi connectivity index (χ2v) is 7.19. The molecule has 0 fully saturated rings. The van der Waals surface area contributed by atoms with Crippen molar-refractivity contribution in [1.82, 2.24) is 10.2 Å². The molecular formula is C19H22N2O2S. The van der Waals surface area contributed by atoms with Crippen molar-refractivity contribution in [1.29, 1.82) is 0 Å². The van der Waals surface area contributed by atoms with Crippen LogP contribution in [-0.4, -0.2) is 23.3 Å². The van der Waals surface area contributed by atoms with Crippen LogP contribution in [0.5, 0.6) is 0 Å². The number of rotatable bonds is 4. The normalized spacial score (nSPS) is 16.6. The van der Waals surface area contributed by atoms with Gasteiger partial charge < -0.3 is 10.2 Å². The predicted octanol–water partition coefficient (Wildman–Crippen LogP) is 3.21. The molecule has 0 bridgehead atoms. The Morgan fingerprint density at radius 1 is 1.29 bits per heavy atom. The summed E-state index contributed by atoms with van der Waals surface area (Å²) in [5.41, 5.74) is 3.54. The van der Waals surface area contributed by atoms with Crippen LogP contribution in [0, 0.1) is 6.92 Å². The minimum Gasteiger partial charge on any atom is -0.351 e. The van der Waals surface area contributed by atoms with Gasteiger partial charge in [0.05, 0.1) is 19.0 Å². The minimum atomic E-state index is -0.170. The highest BCUT2D eigenvalue weighted by molar-refractivity contribution is 7.10. The number of carbonyl (C=O) groups excluding carboxylic acids is 2. The standard InChI is InChI=1S/C19H22N2O2S/c1-13-8-10-24-18(13)12-20-19(23)11-17-16-6-4-3-5-15(16)7-9-21(17)14(2)22/h3-6,8,10,17H,7,9,11-12H2,1-2H3,(H,20,23). The highest BCUT2D eigenvalue weighted by atomic mass is 32.1. The molecule has 0 aliphatic carbocycles. The van der Waals surface area contributed by atoms with Gasteiger partial charge in [-0.05, 0) is 41.5 Å². The van der Waals surface area contributed by atoms with Gasteiger partial charge >= 0.3 is 0 Å². The molecule has 1 aliphatic heterocycles. The second kappa shape index (κ2) is 7.18. The predicted molar refractivity (Wildman–Crippen MR) is 95.8 cm³/mol. The van der Waals surface area contributed by atoms with Crippen LogP contribution >= 0.6 is 11.3 Å². The Kier molecular flexibility index (Phi) is 5.00. The molecule has 126 valence electrons. The van der Waals surface area contributed by atoms with Crippen molar-refractivity contribution in [2.45, 2.75) is 39.3 Å². The number of amides is 2. The number of thiophene rings is 1. The third-order valence-corrected chi connectivity index (χ3v) is 5.63. The molecule has 0 saturated heterocycles. The first-order valence-electron chi connectivity index (χ1n) is 8.21. The van der Waals surface area contributed by atoms with E-state index in [2.05, 4.69) is 17.4 Å². The molecule has 0 spiro atoms. The van der Waals surface area contributed by atoms with E-state index >= 15 is 0 Å². The van der Waals surface area contributed by atoms with E-state index in [9.17, 15) is 9.59 Å². The summed E-state index contributed by atoms with van der Waals surface area (Å²) in [6.07, 6.45) is 1.16. The molecule has 0 radical (unpaired) electrons. The highest BCUT2D eigenvalue weighted by Crippen LogP contribution is 2.32. The first kappa shape index (κ1) is 16.7. The van der Waals surface area contributed by atoms with E-state index in [1.807, 2.05) is 35.4 Å². The van der Waals surface area contributed by atoms with Gasteiger partial charge in [0.2, 0.25) is 11.8 Å². The van der Waals surface area contributed by atoms with Crippen LogP contribution in [-0.2, 0) is 22.6 Å². The van der Waals surface area contributed by atoms with E-state index in [0.29, 0.717) is 19.5 Å². The van der Waals surface area contributed by atoms with Crippen LogP contribution in [0.15, 0.2) is 35.7 Å². The number of aryl methyl sites for hydroxylation is 1. The molecule has 5 heteroatoms. The number of benzene rings is 1. The van der Waals surface area contributed by atoms with Gasteiger partial charge in [-0.2, -0.15) is 0 Å². The summed E-state index contributed by atoms with van der Waals surface area (Å²) in [6.45, 7) is 4.85. The molecule has 24 heavy (non-hydrogen) atoms. The quantitative estimate of drug-likeness (QED) is 0.927. The maximum Gasteiger partial charge on any atom is 0.222 e. The van der Waals surface area contributed by atoms with Crippen molar-refractivity contribution in [3.8, 4) is 0 Å². The van der Waals surface area contributed by atoms with E-state index in [4.69, 9.17) is 0 Å². The van der Waals surface area contributed by atoms with Crippen molar-refractivity contribution in [3.63, 3.8) is 0 Å². The summed E-state index contributed by atoms with van der Waals surface area (Å²) in [4.78, 5) is 27.4. The van der Waals surface area contributed by atoms with Crippen molar-refractivity contribution >= 4 is 23.2 Å². The molecule has 1 aromatic heterocycles. The van der Waals surface area contributed by atoms with Crippen LogP contribution in [0.25, 0.3) is 0 Å². The van der Waals surface area contributed by atoms with Crippen LogP contribution < -0.4 is 5.32 Å². The maximum absolute atomic E-state index is 12.5. The van der Waals surface area contributed by atoms with Gasteiger partial charge in [0.1, 0.15) is 0 Å². The van der Waals surface area contributed by atoms with Crippen LogP contribution in [0.4, 0.5) is 0 Å². The van der Waals surface area contributed by atoms with E-state index in [1.54, 1.807) is 18.3 Å². The Hall–Kier alpha value is -2.14. The van der Waals surface area contributed by atoms with E-state index < -0.39 is 0 Å². The number of hydrogen-bond donors (Lipinski definition) is 1. The lowest BCUT2D eigenvalue weighted by molar-refractivity contribution is -0.133. The average Bonchev–Trinajstić information content (AvgIpc) is 2.98. The molecule has 1 N–H and O–H groups in total. The highest BCUT2D eigenvalue weighted by Gasteiger charge is 2.30. The SMILES string of the molecule is CC(=O)N1CCc2ccccc2C1CC(=O)NCc1sccc1C. The molecule has 1 atom stereocenters. The average molecular weight is 342 g/mol. The van der Waals surface area contributed by atoms with Crippen molar-refractivity contribution in [2.24, 2.45) is 0 Å². The number of carbonyl (C=O) groups is 2. The lowest BCUT2D eigenvalue weighted by Crippen LogP contribution is -2.41. The number of nitrogens with one attached hydrogen (secondary N) is 1. The van der Waals surface area contributed by atoms with Crippen LogP contribution in [0.2, 0.25) is 0 Å². The molecule has 4 nitrogen and oxygen atoms in total. The molecule has 2 amide bonds. The second-order valence-electron chi connectivity index (χ2n) is 6.18. The summed E-state index contributed by atoms with van der Waals surface area (Å²) >= 11 is 1.65. The van der Waals surface area contributed by atoms with Gasteiger partial charge in [-0.1, -0.05) is 24.3 Å². The molecule has 2 aromatic rings. The monoisotopic (exact) mass is 342 g/mol. The molecule has 1 aromatic carbocycles. The van der Waals surface area contributed by atoms with Gasteiger partial charge in [0, 0.05) is 18.3 Å². The Morgan fingerprint density at radius 3 is 2.79 bits per heavy atom. The summed E-state index contributed by atoms with van der Waals surface area (Å²) in [6, 6.07) is 10.00. The zero-order valence-corrected chi connectivity index (χ0v) is 14.9. The van der Waals surface area contributed by atoms with Crippen molar-refractivity contribution < 1.29 is 9.59 Å². The minimum absolute atomic E-state index is 0.0178. The Bertz CT molecular complexity index is 753. The third kappa shape index (κ3) is 3.51. The van der Waals surface area contributed by atoms with Gasteiger partial charge in [0.25, 0.3) is 0 Å². The lowest BCUT2D eigenvalue weighted by Gasteiger charge is -2.36. The molecule has 0 saturated carbocycles. The van der Waals surface area contributed by atoms with Crippen molar-refractivity contribution in [2.75, 3.05) is 6.54 Å². The topological polar surface area (TPSA) is 49.4 Å². The molecular weight excluding hydrogens is 320 g/mol. The van der Waals surface area contributed by atoms with Gasteiger partial charge in [-0.3, -0.25) is 9.59 Å². The van der Waals surface area contributed by atoms with Crippen LogP contribution in [0.3, 0.4) is 0 Å². The molecule has 1 aliphatic rings. The summed E-state index contributed by atoms with van der Waals surface area (Å²) < 4.78 is 0. The first-order valence-corrected chi connectivity index (χ1v) is 9.09. The first-order chi connectivity index (χ1) is 11.6. The van der Waals surface area contributed by atoms with Gasteiger partial charge in [-0.25, -0.2) is 0 Å². The van der Waals surface area contributed by atoms with E-state index in [1.165, 1.54) is 16.0 Å². The molecule has 3 rings (SSSR count). The fraction of sp³-hybridized carbons (Fsp3) is 0.368. The van der Waals surface area contributed by atoms with Gasteiger partial charge in [0.15, 0.2) is 0 Å². The smallest absolute Gasteiger partial charge is 0.222 e. The fourth-order valence-corrected chi connectivity index (χ4v) is 4.11. The summed E-state index contributed by atoms with van der Waals surface area (Å²) in [5, 5.41) is 5.03. The molecule has 1 unspecified atom stereocenters. The fourth-order valence-electron chi connectivity index (χ4n) is 3.26. The Balaban J connectivity index is 1.72. The van der Waals surface area contributed by atoms with E-state index in [0.717, 1.165) is 12.0 Å². The van der Waals surface area contributed by atoms with E-state index in [-0.39, 0.29) is 17.9 Å². The Labute approximate surface area is 146 Å². The zero-order valence-electron chi connectivity index (χ0n) is 14.0. The van der Waals surface area contributed by atoms with Crippen molar-refractivity contribution in [3.05, 3.63) is 57.3 Å². The lowest BCUT2D eigenvalue weighted by atomic mass is 9.90. The largest absolute Gasteiger partial charge is 0.351 e. The summed E-state index contributed by atoms with van der Waals surface area (Å²) in [5.74, 6) is 0.00663. The summed E-state index contributed by atoms with van der Waals surface area (Å²) in [7, 11) is 0. The maximum atomic E-state index is 12.5. The third-order valence-electron chi connectivity index (χ3n) is 4.61. The number of nitrogens with zero attached hydrogens (tertiary/aromatic N) is 1. The van der Waals surface area contributed by atoms with Gasteiger partial charge in [-0.15, -0.1) is 11.3 Å². The Morgan fingerprint density at radius 2 is 2.08 bits per heavy atom.